The molecule has 0 heterocycles. The van der Waals surface area contributed by atoms with Crippen LogP contribution in [-0.4, -0.2) is 0 Å². The molecule has 0 nitrogen and oxygen atoms in total. The standard InChI is InChI=1S/C24H18F6/c1-2-12-5-19(26)23(20(27)6-12)14-4-3-13-8-17(18(25)9-15(13)7-14)16-10-21(28)24(30)22(29)11-16/h5-6,8-11,14H,2-4,7H2,1H3. The van der Waals surface area contributed by atoms with Gasteiger partial charge in [-0.15, -0.1) is 0 Å². The maximum absolute atomic E-state index is 14.7. The number of fused-ring (bicyclic) bond motifs is 1. The highest BCUT2D eigenvalue weighted by molar-refractivity contribution is 5.66. The van der Waals surface area contributed by atoms with Crippen LogP contribution in [0.2, 0.25) is 0 Å². The van der Waals surface area contributed by atoms with Gasteiger partial charge in [0, 0.05) is 11.1 Å². The Balaban J connectivity index is 1.69. The van der Waals surface area contributed by atoms with E-state index in [0.29, 0.717) is 30.4 Å². The highest BCUT2D eigenvalue weighted by atomic mass is 19.2. The van der Waals surface area contributed by atoms with Gasteiger partial charge in [0.05, 0.1) is 0 Å². The lowest BCUT2D eigenvalue weighted by Gasteiger charge is -2.26. The van der Waals surface area contributed by atoms with Gasteiger partial charge in [-0.25, -0.2) is 26.3 Å². The Kier molecular flexibility index (Phi) is 5.35. The molecule has 0 bridgehead atoms. The van der Waals surface area contributed by atoms with E-state index in [4.69, 9.17) is 0 Å². The summed E-state index contributed by atoms with van der Waals surface area (Å²) in [6, 6.07) is 6.85. The molecule has 0 fully saturated rings. The van der Waals surface area contributed by atoms with Crippen LogP contribution in [-0.2, 0) is 19.3 Å². The van der Waals surface area contributed by atoms with Crippen LogP contribution in [0.3, 0.4) is 0 Å². The number of aryl methyl sites for hydroxylation is 2. The number of hydrogen-bond donors (Lipinski definition) is 0. The zero-order valence-corrected chi connectivity index (χ0v) is 16.1. The Hall–Kier alpha value is -2.76. The second-order valence-corrected chi connectivity index (χ2v) is 7.62. The minimum atomic E-state index is -1.61. The summed E-state index contributed by atoms with van der Waals surface area (Å²) < 4.78 is 84.1. The summed E-state index contributed by atoms with van der Waals surface area (Å²) in [6.45, 7) is 1.81. The van der Waals surface area contributed by atoms with Crippen molar-refractivity contribution in [2.45, 2.75) is 38.5 Å². The van der Waals surface area contributed by atoms with Gasteiger partial charge in [0.25, 0.3) is 0 Å². The summed E-state index contributed by atoms with van der Waals surface area (Å²) in [7, 11) is 0. The van der Waals surface area contributed by atoms with E-state index in [0.717, 1.165) is 17.7 Å². The summed E-state index contributed by atoms with van der Waals surface area (Å²) >= 11 is 0. The fourth-order valence-electron chi connectivity index (χ4n) is 4.19. The van der Waals surface area contributed by atoms with E-state index in [1.54, 1.807) is 0 Å². The van der Waals surface area contributed by atoms with E-state index in [2.05, 4.69) is 0 Å². The molecule has 3 aromatic rings. The largest absolute Gasteiger partial charge is 0.207 e. The fraction of sp³-hybridized carbons (Fsp3) is 0.250. The molecule has 6 heteroatoms. The first-order chi connectivity index (χ1) is 14.3. The van der Waals surface area contributed by atoms with Crippen LogP contribution in [0.4, 0.5) is 26.3 Å². The van der Waals surface area contributed by atoms with E-state index in [1.807, 2.05) is 6.92 Å². The Morgan fingerprint density at radius 2 is 1.37 bits per heavy atom. The average molecular weight is 420 g/mol. The summed E-state index contributed by atoms with van der Waals surface area (Å²) in [6.07, 6.45) is 1.63. The Morgan fingerprint density at radius 3 is 1.97 bits per heavy atom. The molecular formula is C24H18F6. The third kappa shape index (κ3) is 3.59. The minimum absolute atomic E-state index is 0.00464. The number of halogens is 6. The van der Waals surface area contributed by atoms with Crippen LogP contribution in [0, 0.1) is 34.9 Å². The first-order valence-electron chi connectivity index (χ1n) is 9.72. The molecule has 0 aromatic heterocycles. The molecule has 1 unspecified atom stereocenters. The average Bonchev–Trinajstić information content (AvgIpc) is 2.70. The van der Waals surface area contributed by atoms with Crippen molar-refractivity contribution in [1.82, 2.24) is 0 Å². The van der Waals surface area contributed by atoms with E-state index in [-0.39, 0.29) is 23.1 Å². The molecule has 0 N–H and O–H groups in total. The van der Waals surface area contributed by atoms with Gasteiger partial charge in [0.2, 0.25) is 0 Å². The third-order valence-corrected chi connectivity index (χ3v) is 5.77. The molecular weight excluding hydrogens is 402 g/mol. The zero-order valence-electron chi connectivity index (χ0n) is 16.1. The van der Waals surface area contributed by atoms with E-state index in [9.17, 15) is 26.3 Å². The minimum Gasteiger partial charge on any atom is -0.207 e. The molecule has 0 radical (unpaired) electrons. The van der Waals surface area contributed by atoms with E-state index >= 15 is 0 Å². The third-order valence-electron chi connectivity index (χ3n) is 5.77. The van der Waals surface area contributed by atoms with Crippen molar-refractivity contribution >= 4 is 0 Å². The molecule has 0 spiro atoms. The first kappa shape index (κ1) is 20.5. The predicted molar refractivity (Wildman–Crippen MR) is 102 cm³/mol. The molecule has 0 aliphatic heterocycles. The van der Waals surface area contributed by atoms with Gasteiger partial charge >= 0.3 is 0 Å². The number of benzene rings is 3. The van der Waals surface area contributed by atoms with Gasteiger partial charge in [0.15, 0.2) is 17.5 Å². The van der Waals surface area contributed by atoms with Crippen molar-refractivity contribution in [3.63, 3.8) is 0 Å². The van der Waals surface area contributed by atoms with Gasteiger partial charge < -0.3 is 0 Å². The SMILES string of the molecule is CCc1cc(F)c(C2CCc3cc(-c4cc(F)c(F)c(F)c4)c(F)cc3C2)c(F)c1. The molecule has 0 saturated heterocycles. The lowest BCUT2D eigenvalue weighted by molar-refractivity contribution is 0.447. The Bertz CT molecular complexity index is 1090. The molecule has 4 rings (SSSR count). The number of hydrogen-bond acceptors (Lipinski definition) is 0. The van der Waals surface area contributed by atoms with Gasteiger partial charge in [0.1, 0.15) is 17.5 Å². The molecule has 1 aliphatic carbocycles. The second kappa shape index (κ2) is 7.82. The van der Waals surface area contributed by atoms with E-state index < -0.39 is 40.8 Å². The molecule has 1 aliphatic rings. The monoisotopic (exact) mass is 420 g/mol. The van der Waals surface area contributed by atoms with Gasteiger partial charge in [-0.3, -0.25) is 0 Å². The molecule has 1 atom stereocenters. The van der Waals surface area contributed by atoms with Crippen LogP contribution in [0.15, 0.2) is 36.4 Å². The van der Waals surface area contributed by atoms with Crippen molar-refractivity contribution in [3.8, 4) is 11.1 Å². The Labute approximate surface area is 170 Å². The maximum Gasteiger partial charge on any atom is 0.194 e. The van der Waals surface area contributed by atoms with Crippen LogP contribution in [0.25, 0.3) is 11.1 Å². The highest BCUT2D eigenvalue weighted by Crippen LogP contribution is 2.38. The van der Waals surface area contributed by atoms with Gasteiger partial charge in [-0.05, 0) is 90.3 Å². The van der Waals surface area contributed by atoms with Crippen LogP contribution < -0.4 is 0 Å². The van der Waals surface area contributed by atoms with Crippen molar-refractivity contribution in [1.29, 1.82) is 0 Å². The van der Waals surface area contributed by atoms with Crippen molar-refractivity contribution in [2.75, 3.05) is 0 Å². The van der Waals surface area contributed by atoms with E-state index in [1.165, 1.54) is 24.3 Å². The predicted octanol–water partition coefficient (Wildman–Crippen LogP) is 7.02. The summed E-state index contributed by atoms with van der Waals surface area (Å²) in [5.74, 6) is -6.79. The van der Waals surface area contributed by atoms with Gasteiger partial charge in [-0.2, -0.15) is 0 Å². The first-order valence-corrected chi connectivity index (χ1v) is 9.72. The van der Waals surface area contributed by atoms with Crippen molar-refractivity contribution in [2.24, 2.45) is 0 Å². The number of rotatable bonds is 3. The molecule has 0 saturated carbocycles. The lowest BCUT2D eigenvalue weighted by Crippen LogP contribution is -2.16. The molecule has 0 amide bonds. The van der Waals surface area contributed by atoms with Gasteiger partial charge in [-0.1, -0.05) is 6.92 Å². The highest BCUT2D eigenvalue weighted by Gasteiger charge is 2.27. The van der Waals surface area contributed by atoms with Crippen LogP contribution in [0.5, 0.6) is 0 Å². The molecule has 156 valence electrons. The quantitative estimate of drug-likeness (QED) is 0.315. The summed E-state index contributed by atoms with van der Waals surface area (Å²) in [5, 5.41) is 0. The summed E-state index contributed by atoms with van der Waals surface area (Å²) in [4.78, 5) is 0. The Morgan fingerprint density at radius 1 is 0.733 bits per heavy atom. The lowest BCUT2D eigenvalue weighted by atomic mass is 9.78. The molecule has 30 heavy (non-hydrogen) atoms. The van der Waals surface area contributed by atoms with Crippen LogP contribution >= 0.6 is 0 Å². The normalized spacial score (nSPS) is 15.9. The molecule has 3 aromatic carbocycles. The maximum atomic E-state index is 14.7. The van der Waals surface area contributed by atoms with Crippen molar-refractivity contribution < 1.29 is 26.3 Å². The topological polar surface area (TPSA) is 0 Å². The zero-order chi connectivity index (χ0) is 21.6. The fourth-order valence-corrected chi connectivity index (χ4v) is 4.19. The van der Waals surface area contributed by atoms with Crippen molar-refractivity contribution in [3.05, 3.63) is 93.6 Å². The smallest absolute Gasteiger partial charge is 0.194 e. The second-order valence-electron chi connectivity index (χ2n) is 7.62. The van der Waals surface area contributed by atoms with Crippen LogP contribution in [0.1, 0.15) is 41.5 Å². The summed E-state index contributed by atoms with van der Waals surface area (Å²) in [5.41, 5.74) is 1.74.